The Morgan fingerprint density at radius 1 is 0.833 bits per heavy atom. The minimum atomic E-state index is -2.13. The maximum absolute atomic E-state index is 8.48. The van der Waals surface area contributed by atoms with E-state index < -0.39 is 20.8 Å². The molecule has 0 spiro atoms. The van der Waals surface area contributed by atoms with Gasteiger partial charge in [-0.25, -0.2) is 4.98 Å². The van der Waals surface area contributed by atoms with Gasteiger partial charge >= 0.3 is 0 Å². The molecule has 5 aromatic carbocycles. The van der Waals surface area contributed by atoms with E-state index >= 15 is 0 Å². The summed E-state index contributed by atoms with van der Waals surface area (Å²) >= 11 is 0. The fourth-order valence-electron chi connectivity index (χ4n) is 6.85. The molecule has 0 saturated carbocycles. The van der Waals surface area contributed by atoms with Crippen LogP contribution in [0.15, 0.2) is 126 Å². The van der Waals surface area contributed by atoms with Gasteiger partial charge in [0, 0.05) is 48.6 Å². The van der Waals surface area contributed by atoms with Crippen LogP contribution in [0.4, 0.5) is 0 Å². The molecule has 4 aromatic heterocycles. The summed E-state index contributed by atoms with van der Waals surface area (Å²) in [5.74, 6) is 0.0826. The summed E-state index contributed by atoms with van der Waals surface area (Å²) in [5, 5.41) is 5.59. The number of para-hydroxylation sites is 2. The standard InChI is InChI=1S/C29H18N3O.C18H24NSi.Ir/c1-18-13-16-23-22-9-6-10-24(27(22)33-29(23)30-18)28-31-25-11-4-5-12-26(25)32(28)21-15-14-19-7-2-3-8-20(19)17-21;1-13(2)16-11-17(15-9-7-14(3)8-10-15)19-12-18(16)20(4,5)6;/h2-9,11-17H,1H3;7-9,11-13H,1-6H3;/q2*-1;/i;3D3,13D;. The largest absolute Gasteiger partial charge is 0.486 e. The Labute approximate surface area is 337 Å². The van der Waals surface area contributed by atoms with E-state index in [1.165, 1.54) is 22.0 Å². The molecule has 5 nitrogen and oxygen atoms in total. The van der Waals surface area contributed by atoms with Crippen LogP contribution < -0.4 is 5.19 Å². The molecule has 4 heterocycles. The van der Waals surface area contributed by atoms with Crippen LogP contribution in [0.3, 0.4) is 0 Å². The van der Waals surface area contributed by atoms with Crippen LogP contribution in [0.5, 0.6) is 0 Å². The maximum Gasteiger partial charge on any atom is 0.216 e. The molecule has 0 unspecified atom stereocenters. The second-order valence-electron chi connectivity index (χ2n) is 14.7. The van der Waals surface area contributed by atoms with Gasteiger partial charge < -0.3 is 14.0 Å². The minimum absolute atomic E-state index is 0. The zero-order chi connectivity index (χ0) is 40.3. The molecule has 271 valence electrons. The Bertz CT molecular complexity index is 2940. The van der Waals surface area contributed by atoms with Gasteiger partial charge in [0.2, 0.25) is 5.71 Å². The molecule has 0 aliphatic heterocycles. The van der Waals surface area contributed by atoms with Gasteiger partial charge in [-0.3, -0.25) is 4.98 Å². The third kappa shape index (κ3) is 7.07. The first kappa shape index (κ1) is 32.2. The number of rotatable bonds is 5. The first-order valence-corrected chi connectivity index (χ1v) is 21.3. The van der Waals surface area contributed by atoms with Crippen molar-refractivity contribution >= 4 is 57.1 Å². The molecule has 0 amide bonds. The first-order chi connectivity index (χ1) is 27.1. The van der Waals surface area contributed by atoms with E-state index in [4.69, 9.17) is 14.9 Å². The fourth-order valence-corrected chi connectivity index (χ4v) is 8.43. The van der Waals surface area contributed by atoms with Crippen molar-refractivity contribution < 1.29 is 30.0 Å². The van der Waals surface area contributed by atoms with Crippen LogP contribution in [0.25, 0.3) is 72.2 Å². The molecule has 1 radical (unpaired) electrons. The Kier molecular flexibility index (Phi) is 8.90. The summed E-state index contributed by atoms with van der Waals surface area (Å²) < 4.78 is 39.3. The van der Waals surface area contributed by atoms with E-state index in [1.54, 1.807) is 12.1 Å². The minimum Gasteiger partial charge on any atom is -0.486 e. The van der Waals surface area contributed by atoms with Crippen molar-refractivity contribution in [1.29, 1.82) is 0 Å². The van der Waals surface area contributed by atoms with E-state index in [9.17, 15) is 0 Å². The molecule has 0 saturated heterocycles. The number of hydrogen-bond donors (Lipinski definition) is 0. The van der Waals surface area contributed by atoms with Crippen LogP contribution >= 0.6 is 0 Å². The number of imidazole rings is 1. The molecule has 0 aliphatic carbocycles. The van der Waals surface area contributed by atoms with Crippen LogP contribution in [-0.2, 0) is 20.1 Å². The van der Waals surface area contributed by atoms with Gasteiger partial charge in [0.25, 0.3) is 0 Å². The number of hydrogen-bond acceptors (Lipinski definition) is 4. The zero-order valence-electron chi connectivity index (χ0n) is 35.1. The molecule has 0 aliphatic rings. The van der Waals surface area contributed by atoms with Crippen molar-refractivity contribution in [2.24, 2.45) is 0 Å². The summed E-state index contributed by atoms with van der Waals surface area (Å²) in [6, 6.07) is 44.4. The summed E-state index contributed by atoms with van der Waals surface area (Å²) in [6.45, 7) is 10.4. The Hall–Kier alpha value is -5.20. The number of aromatic nitrogens is 4. The van der Waals surface area contributed by atoms with Crippen LogP contribution in [-0.4, -0.2) is 27.6 Å². The third-order valence-electron chi connectivity index (χ3n) is 9.55. The molecule has 0 atom stereocenters. The summed E-state index contributed by atoms with van der Waals surface area (Å²) in [5.41, 5.74) is 8.89. The fraction of sp³-hybridized carbons (Fsp3) is 0.170. The van der Waals surface area contributed by atoms with E-state index in [-0.39, 0.29) is 25.7 Å². The Morgan fingerprint density at radius 3 is 2.39 bits per heavy atom. The second kappa shape index (κ2) is 14.9. The average molecular weight is 903 g/mol. The second-order valence-corrected chi connectivity index (χ2v) is 19.7. The summed E-state index contributed by atoms with van der Waals surface area (Å²) in [6.07, 6.45) is 1.89. The van der Waals surface area contributed by atoms with Crippen LogP contribution in [0.2, 0.25) is 19.6 Å². The monoisotopic (exact) mass is 903 g/mol. The molecule has 9 aromatic rings. The van der Waals surface area contributed by atoms with Crippen molar-refractivity contribution in [2.45, 2.75) is 53.2 Å². The molecule has 54 heavy (non-hydrogen) atoms. The van der Waals surface area contributed by atoms with Gasteiger partial charge in [0.05, 0.1) is 30.5 Å². The van der Waals surface area contributed by atoms with Crippen molar-refractivity contribution in [3.63, 3.8) is 0 Å². The van der Waals surface area contributed by atoms with Gasteiger partial charge in [-0.15, -0.1) is 53.6 Å². The summed E-state index contributed by atoms with van der Waals surface area (Å²) in [7, 11) is -1.61. The number of aryl methyl sites for hydroxylation is 2. The number of fused-ring (bicyclic) bond motifs is 5. The molecular weight excluding hydrogens is 857 g/mol. The third-order valence-corrected chi connectivity index (χ3v) is 11.6. The van der Waals surface area contributed by atoms with Gasteiger partial charge in [-0.05, 0) is 70.9 Å². The predicted molar refractivity (Wildman–Crippen MR) is 223 cm³/mol. The smallest absolute Gasteiger partial charge is 0.216 e. The van der Waals surface area contributed by atoms with E-state index in [2.05, 4.69) is 101 Å². The Morgan fingerprint density at radius 2 is 1.63 bits per heavy atom. The van der Waals surface area contributed by atoms with Gasteiger partial charge in [0.15, 0.2) is 0 Å². The van der Waals surface area contributed by atoms with E-state index in [1.807, 2.05) is 69.4 Å². The van der Waals surface area contributed by atoms with Crippen molar-refractivity contribution in [1.82, 2.24) is 19.5 Å². The SMILES string of the molecule is Cc1ccc2c(n1)oc1c(-c3nc4ccccc4n3-c3ccc4ccccc4c3)[c-]ccc12.[2H]C([2H])([2H])c1c[c-]c(-c2cc(C([2H])(C)C)c([Si](C)(C)C)cn2)cc1.[Ir]. The first-order valence-electron chi connectivity index (χ1n) is 19.8. The number of pyridine rings is 2. The van der Waals surface area contributed by atoms with Gasteiger partial charge in [0.1, 0.15) is 0 Å². The zero-order valence-corrected chi connectivity index (χ0v) is 34.5. The van der Waals surface area contributed by atoms with Crippen LogP contribution in [0.1, 0.15) is 42.0 Å². The molecule has 7 heteroatoms. The molecular formula is C47H42IrN4OSi-2. The number of furan rings is 1. The summed E-state index contributed by atoms with van der Waals surface area (Å²) in [4.78, 5) is 14.2. The average Bonchev–Trinajstić information content (AvgIpc) is 3.75. The van der Waals surface area contributed by atoms with E-state index in [0.29, 0.717) is 5.71 Å². The topological polar surface area (TPSA) is 56.7 Å². The quantitative estimate of drug-likeness (QED) is 0.128. The van der Waals surface area contributed by atoms with Crippen LogP contribution in [0, 0.1) is 25.9 Å². The predicted octanol–water partition coefficient (Wildman–Crippen LogP) is 11.8. The van der Waals surface area contributed by atoms with Crippen molar-refractivity contribution in [3.05, 3.63) is 150 Å². The Balaban J connectivity index is 0.000000184. The molecule has 0 N–H and O–H groups in total. The van der Waals surface area contributed by atoms with Gasteiger partial charge in [-0.2, -0.15) is 0 Å². The normalized spacial score (nSPS) is 13.1. The number of benzene rings is 5. The van der Waals surface area contributed by atoms with E-state index in [0.717, 1.165) is 67.0 Å². The van der Waals surface area contributed by atoms with Gasteiger partial charge in [-0.1, -0.05) is 105 Å². The van der Waals surface area contributed by atoms with Crippen molar-refractivity contribution in [3.8, 4) is 28.3 Å². The molecule has 9 rings (SSSR count). The number of nitrogens with zero attached hydrogens (tertiary/aromatic N) is 4. The molecule has 0 bridgehead atoms. The maximum atomic E-state index is 8.48. The molecule has 0 fully saturated rings. The van der Waals surface area contributed by atoms with Crippen molar-refractivity contribution in [2.75, 3.05) is 0 Å².